The molecule has 0 fully saturated rings. The van der Waals surface area contributed by atoms with Crippen molar-refractivity contribution < 1.29 is 18.7 Å². The summed E-state index contributed by atoms with van der Waals surface area (Å²) in [6, 6.07) is 17.5. The van der Waals surface area contributed by atoms with E-state index in [1.807, 2.05) is 38.1 Å². The molecule has 1 heterocycles. The Kier molecular flexibility index (Phi) is 4.70. The SMILES string of the molecule is Cc1cccc(/C=C2\Oc3c(ccc(OCc4ccc(F)cc4)c3C)C2=O)c1. The van der Waals surface area contributed by atoms with Crippen molar-refractivity contribution in [2.24, 2.45) is 0 Å². The molecule has 0 bridgehead atoms. The first-order valence-corrected chi connectivity index (χ1v) is 9.03. The molecule has 140 valence electrons. The van der Waals surface area contributed by atoms with Gasteiger partial charge in [-0.05, 0) is 55.3 Å². The third kappa shape index (κ3) is 3.54. The van der Waals surface area contributed by atoms with Crippen LogP contribution in [-0.4, -0.2) is 5.78 Å². The highest BCUT2D eigenvalue weighted by molar-refractivity contribution is 6.14. The number of hydrogen-bond acceptors (Lipinski definition) is 3. The van der Waals surface area contributed by atoms with Gasteiger partial charge >= 0.3 is 0 Å². The summed E-state index contributed by atoms with van der Waals surface area (Å²) < 4.78 is 24.8. The van der Waals surface area contributed by atoms with Crippen LogP contribution in [0.4, 0.5) is 4.39 Å². The van der Waals surface area contributed by atoms with Crippen molar-refractivity contribution in [3.8, 4) is 11.5 Å². The normalized spacial score (nSPS) is 14.1. The Balaban J connectivity index is 1.57. The van der Waals surface area contributed by atoms with Crippen molar-refractivity contribution in [3.05, 3.63) is 100 Å². The number of rotatable bonds is 4. The molecule has 0 aliphatic carbocycles. The summed E-state index contributed by atoms with van der Waals surface area (Å²) in [5, 5.41) is 0. The summed E-state index contributed by atoms with van der Waals surface area (Å²) in [5.74, 6) is 1.05. The van der Waals surface area contributed by atoms with Gasteiger partial charge in [0.2, 0.25) is 5.78 Å². The van der Waals surface area contributed by atoms with E-state index in [1.54, 1.807) is 30.3 Å². The van der Waals surface area contributed by atoms with E-state index < -0.39 is 0 Å². The Morgan fingerprint density at radius 1 is 1.04 bits per heavy atom. The Labute approximate surface area is 163 Å². The van der Waals surface area contributed by atoms with Crippen LogP contribution in [0.15, 0.2) is 66.4 Å². The molecule has 0 radical (unpaired) electrons. The zero-order valence-electron chi connectivity index (χ0n) is 15.7. The number of ether oxygens (including phenoxy) is 2. The number of aryl methyl sites for hydroxylation is 1. The van der Waals surface area contributed by atoms with Crippen LogP contribution in [0.3, 0.4) is 0 Å². The number of ketones is 1. The molecule has 0 spiro atoms. The molecule has 0 saturated carbocycles. The molecule has 1 aliphatic heterocycles. The first-order chi connectivity index (χ1) is 13.5. The number of Topliss-reactive ketones (excluding diaryl/α,β-unsaturated/α-hetero) is 1. The van der Waals surface area contributed by atoms with Gasteiger partial charge in [0.05, 0.1) is 5.56 Å². The molecular formula is C24H19FO3. The molecular weight excluding hydrogens is 355 g/mol. The summed E-state index contributed by atoms with van der Waals surface area (Å²) in [6.45, 7) is 4.17. The maximum atomic E-state index is 13.0. The number of benzene rings is 3. The highest BCUT2D eigenvalue weighted by Gasteiger charge is 2.30. The third-order valence-electron chi connectivity index (χ3n) is 4.68. The monoisotopic (exact) mass is 374 g/mol. The first-order valence-electron chi connectivity index (χ1n) is 9.03. The predicted molar refractivity (Wildman–Crippen MR) is 106 cm³/mol. The van der Waals surface area contributed by atoms with Crippen LogP contribution >= 0.6 is 0 Å². The second-order valence-electron chi connectivity index (χ2n) is 6.83. The van der Waals surface area contributed by atoms with Gasteiger partial charge in [-0.15, -0.1) is 0 Å². The number of halogens is 1. The molecule has 3 nitrogen and oxygen atoms in total. The summed E-state index contributed by atoms with van der Waals surface area (Å²) in [5.41, 5.74) is 4.19. The molecule has 4 rings (SSSR count). The standard InChI is InChI=1S/C24H19FO3/c1-15-4-3-5-18(12-15)13-22-23(26)20-10-11-21(16(2)24(20)28-22)27-14-17-6-8-19(25)9-7-17/h3-13H,14H2,1-2H3/b22-13-. The Bertz CT molecular complexity index is 1080. The molecule has 0 N–H and O–H groups in total. The van der Waals surface area contributed by atoms with Gasteiger partial charge in [0.15, 0.2) is 5.76 Å². The van der Waals surface area contributed by atoms with Crippen LogP contribution < -0.4 is 9.47 Å². The highest BCUT2D eigenvalue weighted by Crippen LogP contribution is 2.39. The molecule has 3 aromatic carbocycles. The van der Waals surface area contributed by atoms with Crippen molar-refractivity contribution >= 4 is 11.9 Å². The minimum atomic E-state index is -0.280. The van der Waals surface area contributed by atoms with E-state index in [9.17, 15) is 9.18 Å². The zero-order chi connectivity index (χ0) is 19.7. The number of hydrogen-bond donors (Lipinski definition) is 0. The van der Waals surface area contributed by atoms with E-state index in [2.05, 4.69) is 0 Å². The van der Waals surface area contributed by atoms with E-state index in [0.717, 1.165) is 22.3 Å². The lowest BCUT2D eigenvalue weighted by Gasteiger charge is -2.11. The zero-order valence-corrected chi connectivity index (χ0v) is 15.7. The average Bonchev–Trinajstić information content (AvgIpc) is 2.99. The molecule has 28 heavy (non-hydrogen) atoms. The van der Waals surface area contributed by atoms with Gasteiger partial charge in [-0.2, -0.15) is 0 Å². The molecule has 4 heteroatoms. The van der Waals surface area contributed by atoms with Gasteiger partial charge in [-0.3, -0.25) is 4.79 Å². The third-order valence-corrected chi connectivity index (χ3v) is 4.68. The molecule has 1 aliphatic rings. The fraction of sp³-hybridized carbons (Fsp3) is 0.125. The number of carbonyl (C=O) groups is 1. The van der Waals surface area contributed by atoms with Gasteiger partial charge in [0.1, 0.15) is 23.9 Å². The second-order valence-corrected chi connectivity index (χ2v) is 6.83. The largest absolute Gasteiger partial charge is 0.488 e. The molecule has 0 amide bonds. The highest BCUT2D eigenvalue weighted by atomic mass is 19.1. The minimum absolute atomic E-state index is 0.135. The van der Waals surface area contributed by atoms with Crippen LogP contribution in [-0.2, 0) is 6.61 Å². The number of allylic oxidation sites excluding steroid dienone is 1. The minimum Gasteiger partial charge on any atom is -0.488 e. The fourth-order valence-electron chi connectivity index (χ4n) is 3.18. The summed E-state index contributed by atoms with van der Waals surface area (Å²) in [7, 11) is 0. The summed E-state index contributed by atoms with van der Waals surface area (Å²) in [6.07, 6.45) is 1.76. The van der Waals surface area contributed by atoms with Crippen LogP contribution in [0.5, 0.6) is 11.5 Å². The maximum absolute atomic E-state index is 13.0. The van der Waals surface area contributed by atoms with E-state index in [-0.39, 0.29) is 11.6 Å². The summed E-state index contributed by atoms with van der Waals surface area (Å²) in [4.78, 5) is 12.7. The van der Waals surface area contributed by atoms with Crippen molar-refractivity contribution in [1.29, 1.82) is 0 Å². The Hall–Kier alpha value is -3.40. The predicted octanol–water partition coefficient (Wildman–Crippen LogP) is 5.64. The van der Waals surface area contributed by atoms with Gasteiger partial charge in [-0.1, -0.05) is 42.0 Å². The summed E-state index contributed by atoms with van der Waals surface area (Å²) >= 11 is 0. The van der Waals surface area contributed by atoms with Crippen LogP contribution in [0.2, 0.25) is 0 Å². The van der Waals surface area contributed by atoms with Crippen molar-refractivity contribution in [3.63, 3.8) is 0 Å². The Morgan fingerprint density at radius 3 is 2.57 bits per heavy atom. The molecule has 0 aromatic heterocycles. The first kappa shape index (κ1) is 18.0. The lowest BCUT2D eigenvalue weighted by Crippen LogP contribution is -1.98. The van der Waals surface area contributed by atoms with E-state index in [4.69, 9.17) is 9.47 Å². The van der Waals surface area contributed by atoms with E-state index in [1.165, 1.54) is 12.1 Å². The molecule has 0 saturated heterocycles. The van der Waals surface area contributed by atoms with Gasteiger partial charge in [-0.25, -0.2) is 4.39 Å². The van der Waals surface area contributed by atoms with Gasteiger partial charge in [0.25, 0.3) is 0 Å². The number of carbonyl (C=O) groups excluding carboxylic acids is 1. The Morgan fingerprint density at radius 2 is 1.82 bits per heavy atom. The van der Waals surface area contributed by atoms with E-state index >= 15 is 0 Å². The lowest BCUT2D eigenvalue weighted by molar-refractivity contribution is 0.101. The maximum Gasteiger partial charge on any atom is 0.231 e. The van der Waals surface area contributed by atoms with Crippen molar-refractivity contribution in [1.82, 2.24) is 0 Å². The van der Waals surface area contributed by atoms with E-state index in [0.29, 0.717) is 29.4 Å². The van der Waals surface area contributed by atoms with Gasteiger partial charge < -0.3 is 9.47 Å². The average molecular weight is 374 g/mol. The molecule has 3 aromatic rings. The second kappa shape index (κ2) is 7.31. The fourth-order valence-corrected chi connectivity index (χ4v) is 3.18. The lowest BCUT2D eigenvalue weighted by atomic mass is 10.1. The smallest absolute Gasteiger partial charge is 0.231 e. The van der Waals surface area contributed by atoms with Crippen LogP contribution in [0, 0.1) is 19.7 Å². The van der Waals surface area contributed by atoms with Crippen LogP contribution in [0.25, 0.3) is 6.08 Å². The van der Waals surface area contributed by atoms with Gasteiger partial charge in [0, 0.05) is 5.56 Å². The topological polar surface area (TPSA) is 35.5 Å². The molecule has 0 unspecified atom stereocenters. The van der Waals surface area contributed by atoms with Crippen molar-refractivity contribution in [2.75, 3.05) is 0 Å². The molecule has 0 atom stereocenters. The van der Waals surface area contributed by atoms with Crippen molar-refractivity contribution in [2.45, 2.75) is 20.5 Å². The number of fused-ring (bicyclic) bond motifs is 1. The quantitative estimate of drug-likeness (QED) is 0.555. The van der Waals surface area contributed by atoms with Crippen LogP contribution in [0.1, 0.15) is 32.6 Å².